The summed E-state index contributed by atoms with van der Waals surface area (Å²) >= 11 is 0. The molecule has 0 bridgehead atoms. The summed E-state index contributed by atoms with van der Waals surface area (Å²) in [6.07, 6.45) is 3.08. The van der Waals surface area contributed by atoms with Crippen molar-refractivity contribution < 1.29 is 18.0 Å². The van der Waals surface area contributed by atoms with Crippen LogP contribution in [0.1, 0.15) is 18.1 Å². The van der Waals surface area contributed by atoms with Crippen LogP contribution in [-0.2, 0) is 19.6 Å². The largest absolute Gasteiger partial charge is 0.323 e. The van der Waals surface area contributed by atoms with Gasteiger partial charge in [-0.25, -0.2) is 13.1 Å². The highest BCUT2D eigenvalue weighted by Gasteiger charge is 2.15. The lowest BCUT2D eigenvalue weighted by Crippen LogP contribution is -2.28. The van der Waals surface area contributed by atoms with E-state index in [-0.39, 0.29) is 10.8 Å². The van der Waals surface area contributed by atoms with Crippen molar-refractivity contribution in [2.45, 2.75) is 18.7 Å². The van der Waals surface area contributed by atoms with Crippen LogP contribution in [0.4, 0.5) is 5.69 Å². The average Bonchev–Trinajstić information content (AvgIpc) is 2.54. The van der Waals surface area contributed by atoms with Gasteiger partial charge in [0.2, 0.25) is 11.8 Å². The maximum atomic E-state index is 11.9. The van der Waals surface area contributed by atoms with E-state index in [2.05, 4.69) is 5.32 Å². The molecule has 2 aromatic rings. The van der Waals surface area contributed by atoms with Gasteiger partial charge in [-0.3, -0.25) is 9.59 Å². The fourth-order valence-corrected chi connectivity index (χ4v) is 2.99. The lowest BCUT2D eigenvalue weighted by molar-refractivity contribution is -0.117. The first kappa shape index (κ1) is 18.4. The molecule has 0 saturated carbocycles. The van der Waals surface area contributed by atoms with Gasteiger partial charge in [0, 0.05) is 18.7 Å². The van der Waals surface area contributed by atoms with Crippen molar-refractivity contribution >= 4 is 33.6 Å². The minimum atomic E-state index is -3.88. The fraction of sp³-hybridized carbons (Fsp3) is 0.111. The number of sulfonamides is 1. The molecule has 0 aliphatic heterocycles. The van der Waals surface area contributed by atoms with E-state index in [1.165, 1.54) is 30.3 Å². The van der Waals surface area contributed by atoms with Gasteiger partial charge in [0.05, 0.1) is 4.90 Å². The molecule has 2 amide bonds. The number of carbonyl (C=O) groups excluding carboxylic acids is 2. The van der Waals surface area contributed by atoms with Crippen molar-refractivity contribution in [3.05, 3.63) is 65.7 Å². The van der Waals surface area contributed by atoms with Gasteiger partial charge in [-0.2, -0.15) is 0 Å². The Labute approximate surface area is 146 Å². The Hall–Kier alpha value is -2.93. The van der Waals surface area contributed by atoms with E-state index in [9.17, 15) is 18.0 Å². The summed E-state index contributed by atoms with van der Waals surface area (Å²) in [4.78, 5) is 22.7. The highest BCUT2D eigenvalue weighted by Crippen LogP contribution is 2.14. The summed E-state index contributed by atoms with van der Waals surface area (Å²) < 4.78 is 25.5. The molecule has 0 radical (unpaired) electrons. The zero-order chi connectivity index (χ0) is 18.4. The third-order valence-electron chi connectivity index (χ3n) is 3.21. The minimum Gasteiger partial charge on any atom is -0.323 e. The second-order valence-corrected chi connectivity index (χ2v) is 7.10. The van der Waals surface area contributed by atoms with Crippen molar-refractivity contribution in [2.75, 3.05) is 5.32 Å². The van der Waals surface area contributed by atoms with Crippen molar-refractivity contribution in [1.29, 1.82) is 0 Å². The first-order valence-electron chi connectivity index (χ1n) is 7.45. The van der Waals surface area contributed by atoms with Crippen LogP contribution in [-0.4, -0.2) is 20.2 Å². The van der Waals surface area contributed by atoms with Crippen molar-refractivity contribution in [3.8, 4) is 0 Å². The van der Waals surface area contributed by atoms with E-state index < -0.39 is 15.9 Å². The van der Waals surface area contributed by atoms with Crippen LogP contribution in [0.2, 0.25) is 0 Å². The number of nitrogens with one attached hydrogen (secondary N) is 2. The van der Waals surface area contributed by atoms with Gasteiger partial charge in [-0.05, 0) is 42.8 Å². The predicted octanol–water partition coefficient (Wildman–Crippen LogP) is 2.47. The topological polar surface area (TPSA) is 92.3 Å². The molecule has 2 rings (SSSR count). The van der Waals surface area contributed by atoms with Crippen LogP contribution in [0, 0.1) is 6.92 Å². The standard InChI is InChI=1S/C18H18N2O4S/c1-13-3-5-15(6-4-13)7-12-18(22)19-16-8-10-17(11-9-16)25(23,24)20-14(2)21/h3-12H,1-2H3,(H,19,22)(H,20,21). The van der Waals surface area contributed by atoms with Crippen LogP contribution in [0.15, 0.2) is 59.5 Å². The number of hydrogen-bond donors (Lipinski definition) is 2. The molecule has 0 fully saturated rings. The Morgan fingerprint density at radius 1 is 0.960 bits per heavy atom. The third kappa shape index (κ3) is 5.58. The summed E-state index contributed by atoms with van der Waals surface area (Å²) in [5, 5.41) is 2.64. The van der Waals surface area contributed by atoms with E-state index in [0.717, 1.165) is 18.1 Å². The number of rotatable bonds is 5. The zero-order valence-corrected chi connectivity index (χ0v) is 14.6. The second kappa shape index (κ2) is 7.76. The molecule has 25 heavy (non-hydrogen) atoms. The van der Waals surface area contributed by atoms with Crippen LogP contribution in [0.25, 0.3) is 6.08 Å². The number of amides is 2. The molecule has 0 aliphatic rings. The smallest absolute Gasteiger partial charge is 0.264 e. The molecule has 2 N–H and O–H groups in total. The van der Waals surface area contributed by atoms with E-state index in [4.69, 9.17) is 0 Å². The van der Waals surface area contributed by atoms with Crippen LogP contribution < -0.4 is 10.0 Å². The Morgan fingerprint density at radius 2 is 1.56 bits per heavy atom. The summed E-state index contributed by atoms with van der Waals surface area (Å²) in [6, 6.07) is 13.2. The summed E-state index contributed by atoms with van der Waals surface area (Å²) in [7, 11) is -3.88. The summed E-state index contributed by atoms with van der Waals surface area (Å²) in [5.41, 5.74) is 2.48. The Balaban J connectivity index is 2.02. The van der Waals surface area contributed by atoms with Crippen molar-refractivity contribution in [1.82, 2.24) is 4.72 Å². The highest BCUT2D eigenvalue weighted by atomic mass is 32.2. The lowest BCUT2D eigenvalue weighted by Gasteiger charge is -2.06. The molecule has 0 atom stereocenters. The molecule has 0 heterocycles. The number of anilines is 1. The molecule has 0 unspecified atom stereocenters. The normalized spacial score (nSPS) is 11.3. The Bertz CT molecular complexity index is 899. The van der Waals surface area contributed by atoms with Crippen LogP contribution >= 0.6 is 0 Å². The molecule has 2 aromatic carbocycles. The number of benzene rings is 2. The van der Waals surface area contributed by atoms with Gasteiger partial charge in [0.25, 0.3) is 10.0 Å². The zero-order valence-electron chi connectivity index (χ0n) is 13.8. The molecule has 0 spiro atoms. The van der Waals surface area contributed by atoms with Crippen LogP contribution in [0.5, 0.6) is 0 Å². The number of hydrogen-bond acceptors (Lipinski definition) is 4. The SMILES string of the molecule is CC(=O)NS(=O)(=O)c1ccc(NC(=O)C=Cc2ccc(C)cc2)cc1. The minimum absolute atomic E-state index is 0.0594. The van der Waals surface area contributed by atoms with Gasteiger partial charge in [0.1, 0.15) is 0 Å². The third-order valence-corrected chi connectivity index (χ3v) is 4.66. The predicted molar refractivity (Wildman–Crippen MR) is 96.3 cm³/mol. The van der Waals surface area contributed by atoms with Gasteiger partial charge in [-0.15, -0.1) is 0 Å². The molecule has 0 aromatic heterocycles. The van der Waals surface area contributed by atoms with Crippen molar-refractivity contribution in [3.63, 3.8) is 0 Å². The number of aryl methyl sites for hydroxylation is 1. The van der Waals surface area contributed by atoms with Gasteiger partial charge >= 0.3 is 0 Å². The molecule has 0 saturated heterocycles. The Morgan fingerprint density at radius 3 is 2.12 bits per heavy atom. The molecule has 130 valence electrons. The second-order valence-electron chi connectivity index (χ2n) is 5.42. The summed E-state index contributed by atoms with van der Waals surface area (Å²) in [6.45, 7) is 3.10. The fourth-order valence-electron chi connectivity index (χ4n) is 2.00. The Kier molecular flexibility index (Phi) is 5.71. The number of carbonyl (C=O) groups is 2. The average molecular weight is 358 g/mol. The van der Waals surface area contributed by atoms with Gasteiger partial charge < -0.3 is 5.32 Å². The van der Waals surface area contributed by atoms with E-state index in [1.807, 2.05) is 35.9 Å². The first-order chi connectivity index (χ1) is 11.8. The lowest BCUT2D eigenvalue weighted by atomic mass is 10.1. The van der Waals surface area contributed by atoms with E-state index in [1.54, 1.807) is 6.08 Å². The van der Waals surface area contributed by atoms with E-state index >= 15 is 0 Å². The van der Waals surface area contributed by atoms with Crippen molar-refractivity contribution in [2.24, 2.45) is 0 Å². The van der Waals surface area contributed by atoms with E-state index in [0.29, 0.717) is 5.69 Å². The molecular formula is C18H18N2O4S. The maximum Gasteiger partial charge on any atom is 0.264 e. The summed E-state index contributed by atoms with van der Waals surface area (Å²) in [5.74, 6) is -1.00. The molecular weight excluding hydrogens is 340 g/mol. The van der Waals surface area contributed by atoms with Gasteiger partial charge in [-0.1, -0.05) is 29.8 Å². The quantitative estimate of drug-likeness (QED) is 0.803. The monoisotopic (exact) mass is 358 g/mol. The first-order valence-corrected chi connectivity index (χ1v) is 8.94. The highest BCUT2D eigenvalue weighted by molar-refractivity contribution is 7.90. The molecule has 0 aliphatic carbocycles. The maximum absolute atomic E-state index is 11.9. The molecule has 7 heteroatoms. The van der Waals surface area contributed by atoms with Gasteiger partial charge in [0.15, 0.2) is 0 Å². The van der Waals surface area contributed by atoms with Crippen LogP contribution in [0.3, 0.4) is 0 Å². The molecule has 6 nitrogen and oxygen atoms in total.